The van der Waals surface area contributed by atoms with E-state index in [4.69, 9.17) is 0 Å². The van der Waals surface area contributed by atoms with E-state index in [1.807, 2.05) is 68.4 Å². The van der Waals surface area contributed by atoms with Crippen LogP contribution >= 0.6 is 15.9 Å². The van der Waals surface area contributed by atoms with Gasteiger partial charge in [0, 0.05) is 27.3 Å². The number of aromatic hydroxyl groups is 1. The van der Waals surface area contributed by atoms with E-state index in [9.17, 15) is 5.11 Å². The van der Waals surface area contributed by atoms with Crippen LogP contribution in [0.5, 0.6) is 5.75 Å². The topological polar surface area (TPSA) is 70.9 Å². The minimum absolute atomic E-state index is 0.151. The highest BCUT2D eigenvalue weighted by atomic mass is 79.9. The fraction of sp³-hybridized carbons (Fsp3) is 0.136. The molecule has 0 aliphatic carbocycles. The first-order valence-corrected chi connectivity index (χ1v) is 9.72. The maximum Gasteiger partial charge on any atom is 0.147 e. The summed E-state index contributed by atoms with van der Waals surface area (Å²) >= 11 is 3.48. The molecule has 0 fully saturated rings. The molecule has 0 amide bonds. The third kappa shape index (κ3) is 3.55. The van der Waals surface area contributed by atoms with Gasteiger partial charge in [-0.25, -0.2) is 9.97 Å². The Morgan fingerprint density at radius 1 is 0.964 bits per heavy atom. The van der Waals surface area contributed by atoms with Crippen molar-refractivity contribution in [2.24, 2.45) is 0 Å². The van der Waals surface area contributed by atoms with Gasteiger partial charge in [-0.3, -0.25) is 4.98 Å². The maximum absolute atomic E-state index is 11.0. The molecule has 1 aromatic carbocycles. The Morgan fingerprint density at radius 2 is 1.79 bits per heavy atom. The van der Waals surface area contributed by atoms with E-state index >= 15 is 0 Å². The van der Waals surface area contributed by atoms with Crippen LogP contribution < -0.4 is 5.32 Å². The number of fused-ring (bicyclic) bond motifs is 1. The van der Waals surface area contributed by atoms with Gasteiger partial charge in [-0.05, 0) is 60.1 Å². The van der Waals surface area contributed by atoms with Crippen LogP contribution in [0.2, 0.25) is 0 Å². The molecule has 5 nitrogen and oxygen atoms in total. The number of nitrogens with zero attached hydrogens (tertiary/aromatic N) is 3. The van der Waals surface area contributed by atoms with E-state index in [1.165, 1.54) is 0 Å². The summed E-state index contributed by atoms with van der Waals surface area (Å²) in [6, 6.07) is 17.0. The zero-order valence-corrected chi connectivity index (χ0v) is 17.1. The Kier molecular flexibility index (Phi) is 4.96. The first-order valence-electron chi connectivity index (χ1n) is 8.93. The smallest absolute Gasteiger partial charge is 0.147 e. The average molecular weight is 435 g/mol. The van der Waals surface area contributed by atoms with E-state index < -0.39 is 0 Å². The molecule has 4 aromatic rings. The Hall–Kier alpha value is -2.99. The minimum atomic E-state index is -0.374. The molecule has 3 heterocycles. The van der Waals surface area contributed by atoms with Gasteiger partial charge < -0.3 is 10.4 Å². The number of aromatic nitrogens is 3. The molecule has 0 bridgehead atoms. The lowest BCUT2D eigenvalue weighted by atomic mass is 9.99. The number of pyridine rings is 3. The van der Waals surface area contributed by atoms with Crippen molar-refractivity contribution in [3.05, 3.63) is 87.9 Å². The number of aryl methyl sites for hydroxylation is 2. The fourth-order valence-corrected chi connectivity index (χ4v) is 3.37. The number of nitrogens with one attached hydrogen (secondary N) is 1. The third-order valence-electron chi connectivity index (χ3n) is 4.61. The van der Waals surface area contributed by atoms with E-state index in [0.717, 1.165) is 26.9 Å². The van der Waals surface area contributed by atoms with Gasteiger partial charge in [-0.15, -0.1) is 0 Å². The van der Waals surface area contributed by atoms with E-state index in [2.05, 4.69) is 36.2 Å². The first-order chi connectivity index (χ1) is 13.5. The van der Waals surface area contributed by atoms with Crippen LogP contribution in [0, 0.1) is 13.8 Å². The van der Waals surface area contributed by atoms with Crippen LogP contribution in [0.3, 0.4) is 0 Å². The molecule has 2 N–H and O–H groups in total. The molecular formula is C22H19BrN4O. The number of anilines is 1. The van der Waals surface area contributed by atoms with Crippen molar-refractivity contribution >= 4 is 32.7 Å². The molecule has 1 unspecified atom stereocenters. The molecule has 0 aliphatic heterocycles. The van der Waals surface area contributed by atoms with Crippen LogP contribution in [0.25, 0.3) is 10.9 Å². The van der Waals surface area contributed by atoms with Gasteiger partial charge in [0.2, 0.25) is 0 Å². The molecular weight excluding hydrogens is 416 g/mol. The Labute approximate surface area is 171 Å². The van der Waals surface area contributed by atoms with Crippen molar-refractivity contribution in [1.82, 2.24) is 15.0 Å². The SMILES string of the molecule is Cc1ccc2ccc(C(Nc3ccc(Br)c(C)n3)c3ccccn3)c(O)c2n1. The molecule has 0 spiro atoms. The van der Waals surface area contributed by atoms with Gasteiger partial charge in [0.1, 0.15) is 17.1 Å². The highest BCUT2D eigenvalue weighted by Crippen LogP contribution is 2.36. The van der Waals surface area contributed by atoms with Crippen LogP contribution in [-0.2, 0) is 0 Å². The Morgan fingerprint density at radius 3 is 2.54 bits per heavy atom. The second-order valence-electron chi connectivity index (χ2n) is 6.62. The molecule has 0 saturated carbocycles. The second kappa shape index (κ2) is 7.56. The Bertz CT molecular complexity index is 1150. The zero-order valence-electron chi connectivity index (χ0n) is 15.5. The van der Waals surface area contributed by atoms with E-state index in [-0.39, 0.29) is 11.8 Å². The monoisotopic (exact) mass is 434 g/mol. The summed E-state index contributed by atoms with van der Waals surface area (Å²) in [5.74, 6) is 0.853. The number of rotatable bonds is 4. The third-order valence-corrected chi connectivity index (χ3v) is 5.45. The summed E-state index contributed by atoms with van der Waals surface area (Å²) in [6.07, 6.45) is 1.74. The lowest BCUT2D eigenvalue weighted by Crippen LogP contribution is -2.15. The van der Waals surface area contributed by atoms with Crippen LogP contribution in [0.15, 0.2) is 65.3 Å². The van der Waals surface area contributed by atoms with Crippen LogP contribution in [0.1, 0.15) is 28.7 Å². The van der Waals surface area contributed by atoms with Crippen LogP contribution in [-0.4, -0.2) is 20.1 Å². The number of hydrogen-bond donors (Lipinski definition) is 2. The molecule has 1 atom stereocenters. The van der Waals surface area contributed by atoms with E-state index in [1.54, 1.807) is 6.20 Å². The van der Waals surface area contributed by atoms with Crippen molar-refractivity contribution in [2.45, 2.75) is 19.9 Å². The summed E-state index contributed by atoms with van der Waals surface area (Å²) in [5.41, 5.74) is 3.80. The van der Waals surface area contributed by atoms with Crippen molar-refractivity contribution in [3.63, 3.8) is 0 Å². The molecule has 0 aliphatic rings. The van der Waals surface area contributed by atoms with Gasteiger partial charge in [0.25, 0.3) is 0 Å². The largest absolute Gasteiger partial charge is 0.505 e. The van der Waals surface area contributed by atoms with Crippen molar-refractivity contribution in [2.75, 3.05) is 5.32 Å². The fourth-order valence-electron chi connectivity index (χ4n) is 3.15. The molecule has 0 radical (unpaired) electrons. The van der Waals surface area contributed by atoms with Crippen molar-refractivity contribution < 1.29 is 5.11 Å². The van der Waals surface area contributed by atoms with Crippen molar-refractivity contribution in [3.8, 4) is 5.75 Å². The predicted octanol–water partition coefficient (Wildman–Crippen LogP) is 5.31. The maximum atomic E-state index is 11.0. The molecule has 4 rings (SSSR count). The second-order valence-corrected chi connectivity index (χ2v) is 7.48. The molecule has 0 saturated heterocycles. The lowest BCUT2D eigenvalue weighted by molar-refractivity contribution is 0.471. The molecule has 3 aromatic heterocycles. The van der Waals surface area contributed by atoms with Crippen molar-refractivity contribution in [1.29, 1.82) is 0 Å². The standard InChI is InChI=1S/C22H19BrN4O/c1-13-6-7-15-8-9-16(22(28)20(15)25-13)21(18-5-3-4-12-24-18)27-19-11-10-17(23)14(2)26-19/h3-12,21,28H,1-2H3,(H,26,27). The van der Waals surface area contributed by atoms with Gasteiger partial charge in [0.05, 0.1) is 17.4 Å². The molecule has 28 heavy (non-hydrogen) atoms. The zero-order chi connectivity index (χ0) is 19.7. The van der Waals surface area contributed by atoms with Gasteiger partial charge in [0.15, 0.2) is 0 Å². The molecule has 6 heteroatoms. The van der Waals surface area contributed by atoms with E-state index in [0.29, 0.717) is 16.9 Å². The first kappa shape index (κ1) is 18.4. The summed E-state index contributed by atoms with van der Waals surface area (Å²) < 4.78 is 0.945. The van der Waals surface area contributed by atoms with Crippen LogP contribution in [0.4, 0.5) is 5.82 Å². The van der Waals surface area contributed by atoms with Gasteiger partial charge in [-0.1, -0.05) is 24.3 Å². The number of benzene rings is 1. The summed E-state index contributed by atoms with van der Waals surface area (Å²) in [4.78, 5) is 13.6. The lowest BCUT2D eigenvalue weighted by Gasteiger charge is -2.21. The quantitative estimate of drug-likeness (QED) is 0.455. The van der Waals surface area contributed by atoms with Gasteiger partial charge >= 0.3 is 0 Å². The number of phenols is 1. The predicted molar refractivity (Wildman–Crippen MR) is 115 cm³/mol. The number of halogens is 1. The summed E-state index contributed by atoms with van der Waals surface area (Å²) in [7, 11) is 0. The Balaban J connectivity index is 1.85. The average Bonchev–Trinajstić information content (AvgIpc) is 2.71. The molecule has 140 valence electrons. The normalized spacial score (nSPS) is 12.1. The highest BCUT2D eigenvalue weighted by molar-refractivity contribution is 9.10. The minimum Gasteiger partial charge on any atom is -0.505 e. The number of phenolic OH excluding ortho intramolecular Hbond substituents is 1. The van der Waals surface area contributed by atoms with Gasteiger partial charge in [-0.2, -0.15) is 0 Å². The summed E-state index contributed by atoms with van der Waals surface area (Å²) in [5, 5.41) is 15.3. The number of hydrogen-bond acceptors (Lipinski definition) is 5. The summed E-state index contributed by atoms with van der Waals surface area (Å²) in [6.45, 7) is 3.85. The highest BCUT2D eigenvalue weighted by Gasteiger charge is 2.21.